The van der Waals surface area contributed by atoms with Crippen LogP contribution >= 0.6 is 11.3 Å². The molecule has 1 aromatic heterocycles. The van der Waals surface area contributed by atoms with E-state index in [9.17, 15) is 0 Å². The Balaban J connectivity index is 2.20. The average molecular weight is 247 g/mol. The van der Waals surface area contributed by atoms with Crippen LogP contribution in [0.4, 0.5) is 5.00 Å². The summed E-state index contributed by atoms with van der Waals surface area (Å²) in [5.41, 5.74) is 8.25. The van der Waals surface area contributed by atoms with E-state index in [-0.39, 0.29) is 0 Å². The molecule has 17 heavy (non-hydrogen) atoms. The highest BCUT2D eigenvalue weighted by Gasteiger charge is 2.06. The molecule has 0 spiro atoms. The number of nitrogen functional groups attached to an aromatic ring is 1. The van der Waals surface area contributed by atoms with Gasteiger partial charge in [-0.3, -0.25) is 0 Å². The Morgan fingerprint density at radius 1 is 1.24 bits per heavy atom. The minimum atomic E-state index is 0.763. The van der Waals surface area contributed by atoms with Gasteiger partial charge in [0.05, 0.1) is 11.6 Å². The molecule has 0 amide bonds. The third-order valence-electron chi connectivity index (χ3n) is 2.52. The smallest absolute Gasteiger partial charge is 0.119 e. The Labute approximate surface area is 106 Å². The molecule has 2 N–H and O–H groups in total. The van der Waals surface area contributed by atoms with Gasteiger partial charge in [-0.15, -0.1) is 11.3 Å². The maximum Gasteiger partial charge on any atom is 0.119 e. The summed E-state index contributed by atoms with van der Waals surface area (Å²) in [5, 5.41) is 0.879. The SMILES string of the molecule is CCCOc1ccc(-c2cc(C)sc2N)cc1. The lowest BCUT2D eigenvalue weighted by molar-refractivity contribution is 0.317. The van der Waals surface area contributed by atoms with E-state index in [4.69, 9.17) is 10.5 Å². The molecule has 0 saturated carbocycles. The molecule has 1 aromatic carbocycles. The number of benzene rings is 1. The molecule has 2 nitrogen and oxygen atoms in total. The fourth-order valence-electron chi connectivity index (χ4n) is 1.71. The predicted molar refractivity (Wildman–Crippen MR) is 74.7 cm³/mol. The standard InChI is InChI=1S/C14H17NOS/c1-3-8-16-12-6-4-11(5-7-12)13-9-10(2)17-14(13)15/h4-7,9H,3,8,15H2,1-2H3. The maximum atomic E-state index is 5.98. The highest BCUT2D eigenvalue weighted by Crippen LogP contribution is 2.34. The van der Waals surface area contributed by atoms with E-state index >= 15 is 0 Å². The Hall–Kier alpha value is -1.48. The molecule has 1 heterocycles. The second kappa shape index (κ2) is 5.23. The maximum absolute atomic E-state index is 5.98. The quantitative estimate of drug-likeness (QED) is 0.883. The normalized spacial score (nSPS) is 10.5. The van der Waals surface area contributed by atoms with Gasteiger partial charge < -0.3 is 10.5 Å². The van der Waals surface area contributed by atoms with E-state index in [2.05, 4.69) is 32.0 Å². The fraction of sp³-hybridized carbons (Fsp3) is 0.286. The van der Waals surface area contributed by atoms with Crippen LogP contribution in [0.2, 0.25) is 0 Å². The van der Waals surface area contributed by atoms with Gasteiger partial charge in [-0.05, 0) is 37.1 Å². The van der Waals surface area contributed by atoms with E-state index in [1.54, 1.807) is 11.3 Å². The van der Waals surface area contributed by atoms with Gasteiger partial charge in [0.25, 0.3) is 0 Å². The van der Waals surface area contributed by atoms with Gasteiger partial charge >= 0.3 is 0 Å². The molecule has 90 valence electrons. The Morgan fingerprint density at radius 2 is 1.94 bits per heavy atom. The molecule has 0 aliphatic carbocycles. The summed E-state index contributed by atoms with van der Waals surface area (Å²) in [6, 6.07) is 10.2. The van der Waals surface area contributed by atoms with Crippen LogP contribution in [0.5, 0.6) is 5.75 Å². The summed E-state index contributed by atoms with van der Waals surface area (Å²) >= 11 is 1.63. The summed E-state index contributed by atoms with van der Waals surface area (Å²) in [6.45, 7) is 4.94. The van der Waals surface area contributed by atoms with Crippen LogP contribution in [-0.2, 0) is 0 Å². The highest BCUT2D eigenvalue weighted by atomic mass is 32.1. The van der Waals surface area contributed by atoms with Crippen molar-refractivity contribution in [2.45, 2.75) is 20.3 Å². The predicted octanol–water partition coefficient (Wildman–Crippen LogP) is 4.09. The molecule has 0 atom stereocenters. The molecular formula is C14H17NOS. The van der Waals surface area contributed by atoms with Crippen LogP contribution in [0, 0.1) is 6.92 Å². The molecule has 0 unspecified atom stereocenters. The van der Waals surface area contributed by atoms with Gasteiger partial charge in [-0.2, -0.15) is 0 Å². The number of hydrogen-bond donors (Lipinski definition) is 1. The molecule has 2 rings (SSSR count). The number of hydrogen-bond acceptors (Lipinski definition) is 3. The van der Waals surface area contributed by atoms with Crippen LogP contribution in [-0.4, -0.2) is 6.61 Å². The van der Waals surface area contributed by atoms with Crippen molar-refractivity contribution in [1.82, 2.24) is 0 Å². The molecule has 0 saturated heterocycles. The second-order valence-corrected chi connectivity index (χ2v) is 5.30. The summed E-state index contributed by atoms with van der Waals surface area (Å²) in [7, 11) is 0. The van der Waals surface area contributed by atoms with Crippen molar-refractivity contribution in [3.05, 3.63) is 35.2 Å². The Kier molecular flexibility index (Phi) is 3.69. The summed E-state index contributed by atoms with van der Waals surface area (Å²) < 4.78 is 5.55. The topological polar surface area (TPSA) is 35.2 Å². The first kappa shape index (κ1) is 12.0. The third kappa shape index (κ3) is 2.80. The molecule has 0 radical (unpaired) electrons. The lowest BCUT2D eigenvalue weighted by Crippen LogP contribution is -1.94. The molecule has 0 aliphatic rings. The molecule has 0 bridgehead atoms. The average Bonchev–Trinajstić information content (AvgIpc) is 2.66. The number of rotatable bonds is 4. The van der Waals surface area contributed by atoms with Gasteiger partial charge in [0.2, 0.25) is 0 Å². The first-order chi connectivity index (χ1) is 8.20. The Morgan fingerprint density at radius 3 is 2.47 bits per heavy atom. The van der Waals surface area contributed by atoms with Gasteiger partial charge in [0.1, 0.15) is 5.75 Å². The summed E-state index contributed by atoms with van der Waals surface area (Å²) in [4.78, 5) is 1.24. The molecular weight excluding hydrogens is 230 g/mol. The van der Waals surface area contributed by atoms with Crippen molar-refractivity contribution in [3.63, 3.8) is 0 Å². The van der Waals surface area contributed by atoms with Crippen LogP contribution in [0.15, 0.2) is 30.3 Å². The molecule has 0 fully saturated rings. The zero-order chi connectivity index (χ0) is 12.3. The summed E-state index contributed by atoms with van der Waals surface area (Å²) in [6.07, 6.45) is 1.03. The van der Waals surface area contributed by atoms with Crippen LogP contribution in [0.25, 0.3) is 11.1 Å². The first-order valence-corrected chi connectivity index (χ1v) is 6.61. The number of ether oxygens (including phenoxy) is 1. The van der Waals surface area contributed by atoms with Gasteiger partial charge in [0.15, 0.2) is 0 Å². The van der Waals surface area contributed by atoms with E-state index in [1.165, 1.54) is 4.88 Å². The van der Waals surface area contributed by atoms with Gasteiger partial charge in [-0.1, -0.05) is 19.1 Å². The van der Waals surface area contributed by atoms with Gasteiger partial charge in [-0.25, -0.2) is 0 Å². The summed E-state index contributed by atoms with van der Waals surface area (Å²) in [5.74, 6) is 0.918. The monoisotopic (exact) mass is 247 g/mol. The largest absolute Gasteiger partial charge is 0.494 e. The minimum Gasteiger partial charge on any atom is -0.494 e. The number of anilines is 1. The van der Waals surface area contributed by atoms with Gasteiger partial charge in [0, 0.05) is 10.4 Å². The van der Waals surface area contributed by atoms with Crippen LogP contribution in [0.1, 0.15) is 18.2 Å². The number of thiophene rings is 1. The lowest BCUT2D eigenvalue weighted by atomic mass is 10.1. The lowest BCUT2D eigenvalue weighted by Gasteiger charge is -2.05. The number of nitrogens with two attached hydrogens (primary N) is 1. The van der Waals surface area contributed by atoms with E-state index in [0.29, 0.717) is 0 Å². The van der Waals surface area contributed by atoms with Crippen molar-refractivity contribution in [1.29, 1.82) is 0 Å². The molecule has 2 aromatic rings. The van der Waals surface area contributed by atoms with Crippen molar-refractivity contribution in [3.8, 4) is 16.9 Å². The zero-order valence-electron chi connectivity index (χ0n) is 10.2. The second-order valence-electron chi connectivity index (χ2n) is 4.01. The minimum absolute atomic E-state index is 0.763. The van der Waals surface area contributed by atoms with Crippen molar-refractivity contribution < 1.29 is 4.74 Å². The molecule has 3 heteroatoms. The van der Waals surface area contributed by atoms with Crippen molar-refractivity contribution in [2.75, 3.05) is 12.3 Å². The first-order valence-electron chi connectivity index (χ1n) is 5.80. The fourth-order valence-corrected chi connectivity index (χ4v) is 2.52. The zero-order valence-corrected chi connectivity index (χ0v) is 11.0. The van der Waals surface area contributed by atoms with Crippen molar-refractivity contribution in [2.24, 2.45) is 0 Å². The number of aryl methyl sites for hydroxylation is 1. The Bertz CT molecular complexity index is 487. The molecule has 0 aliphatic heterocycles. The van der Waals surface area contributed by atoms with Crippen LogP contribution < -0.4 is 10.5 Å². The van der Waals surface area contributed by atoms with Crippen LogP contribution in [0.3, 0.4) is 0 Å². The third-order valence-corrected chi connectivity index (χ3v) is 3.40. The van der Waals surface area contributed by atoms with E-state index < -0.39 is 0 Å². The van der Waals surface area contributed by atoms with E-state index in [1.807, 2.05) is 12.1 Å². The highest BCUT2D eigenvalue weighted by molar-refractivity contribution is 7.16. The van der Waals surface area contributed by atoms with E-state index in [0.717, 1.165) is 34.9 Å². The van der Waals surface area contributed by atoms with Crippen molar-refractivity contribution >= 4 is 16.3 Å².